The van der Waals surface area contributed by atoms with Crippen LogP contribution in [0.1, 0.15) is 34.9 Å². The van der Waals surface area contributed by atoms with Crippen LogP contribution in [0.25, 0.3) is 0 Å². The summed E-state index contributed by atoms with van der Waals surface area (Å²) >= 11 is 1.42. The average Bonchev–Trinajstić information content (AvgIpc) is 3.10. The fourth-order valence-electron chi connectivity index (χ4n) is 2.77. The van der Waals surface area contributed by atoms with Gasteiger partial charge in [-0.15, -0.1) is 36.2 Å². The highest BCUT2D eigenvalue weighted by Crippen LogP contribution is 2.11. The van der Waals surface area contributed by atoms with Gasteiger partial charge in [0.25, 0.3) is 5.91 Å². The number of carbonyl (C=O) groups excluding carboxylic acids is 1. The molecule has 0 fully saturated rings. The third kappa shape index (κ3) is 7.21. The minimum absolute atomic E-state index is 0. The second kappa shape index (κ2) is 13.1. The quantitative estimate of drug-likeness (QED) is 0.655. The molecule has 0 aliphatic rings. The molecule has 0 spiro atoms. The highest BCUT2D eigenvalue weighted by molar-refractivity contribution is 7.09. The van der Waals surface area contributed by atoms with E-state index in [9.17, 15) is 4.79 Å². The summed E-state index contributed by atoms with van der Waals surface area (Å²) in [6, 6.07) is 10.7. The van der Waals surface area contributed by atoms with Crippen molar-refractivity contribution in [3.63, 3.8) is 0 Å². The Morgan fingerprint density at radius 1 is 1.23 bits per heavy atom. The molecule has 26 heavy (non-hydrogen) atoms. The van der Waals surface area contributed by atoms with Gasteiger partial charge in [-0.25, -0.2) is 4.98 Å². The Hall–Kier alpha value is -1.18. The van der Waals surface area contributed by atoms with Crippen LogP contribution in [0.4, 0.5) is 0 Å². The van der Waals surface area contributed by atoms with Gasteiger partial charge in [0.15, 0.2) is 0 Å². The van der Waals surface area contributed by atoms with Crippen molar-refractivity contribution in [3.05, 3.63) is 52.0 Å². The average molecular weight is 419 g/mol. The molecule has 0 bridgehead atoms. The van der Waals surface area contributed by atoms with E-state index >= 15 is 0 Å². The van der Waals surface area contributed by atoms with Gasteiger partial charge < -0.3 is 11.1 Å². The molecule has 146 valence electrons. The van der Waals surface area contributed by atoms with E-state index in [0.29, 0.717) is 18.8 Å². The summed E-state index contributed by atoms with van der Waals surface area (Å²) in [5.41, 5.74) is 7.29. The highest BCUT2D eigenvalue weighted by atomic mass is 35.5. The first kappa shape index (κ1) is 24.8. The number of aromatic nitrogens is 1. The fourth-order valence-corrected chi connectivity index (χ4v) is 3.42. The molecular weight excluding hydrogens is 391 g/mol. The number of nitrogens with one attached hydrogen (secondary N) is 1. The number of likely N-dealkylation sites (N-methyl/N-ethyl adjacent to an activating group) is 1. The van der Waals surface area contributed by atoms with Crippen molar-refractivity contribution in [1.82, 2.24) is 15.2 Å². The van der Waals surface area contributed by atoms with E-state index in [2.05, 4.69) is 53.3 Å². The monoisotopic (exact) mass is 418 g/mol. The summed E-state index contributed by atoms with van der Waals surface area (Å²) < 4.78 is 0. The molecule has 0 aliphatic heterocycles. The van der Waals surface area contributed by atoms with Gasteiger partial charge in [-0.2, -0.15) is 0 Å². The Balaban J connectivity index is 0.00000312. The number of nitrogens with zero attached hydrogens (tertiary/aromatic N) is 2. The number of rotatable bonds is 9. The van der Waals surface area contributed by atoms with Gasteiger partial charge >= 0.3 is 0 Å². The van der Waals surface area contributed by atoms with E-state index in [4.69, 9.17) is 5.73 Å². The zero-order valence-electron chi connectivity index (χ0n) is 15.2. The van der Waals surface area contributed by atoms with Crippen molar-refractivity contribution in [2.45, 2.75) is 32.9 Å². The zero-order chi connectivity index (χ0) is 17.4. The summed E-state index contributed by atoms with van der Waals surface area (Å²) in [6.45, 7) is 7.18. The fraction of sp³-hybridized carbons (Fsp3) is 0.444. The van der Waals surface area contributed by atoms with Crippen LogP contribution in [0, 0.1) is 0 Å². The van der Waals surface area contributed by atoms with E-state index in [1.807, 2.05) is 6.07 Å². The maximum atomic E-state index is 12.3. The molecule has 1 aromatic carbocycles. The SMILES string of the molecule is CCN(CC)C(CNC(=O)c1csc(CN)n1)Cc1ccccc1.Cl.Cl. The molecule has 0 radical (unpaired) electrons. The van der Waals surface area contributed by atoms with Crippen molar-refractivity contribution >= 4 is 42.1 Å². The largest absolute Gasteiger partial charge is 0.349 e. The topological polar surface area (TPSA) is 71.2 Å². The van der Waals surface area contributed by atoms with Crippen LogP contribution < -0.4 is 11.1 Å². The predicted octanol–water partition coefficient (Wildman–Crippen LogP) is 3.13. The third-order valence-electron chi connectivity index (χ3n) is 4.10. The lowest BCUT2D eigenvalue weighted by molar-refractivity contribution is 0.0930. The second-order valence-corrected chi connectivity index (χ2v) is 6.55. The zero-order valence-corrected chi connectivity index (χ0v) is 17.6. The van der Waals surface area contributed by atoms with E-state index in [1.54, 1.807) is 5.38 Å². The van der Waals surface area contributed by atoms with E-state index in [-0.39, 0.29) is 36.8 Å². The smallest absolute Gasteiger partial charge is 0.270 e. The standard InChI is InChI=1S/C18H26N4OS.2ClH/c1-3-22(4-2)15(10-14-8-6-5-7-9-14)12-20-18(23)16-13-24-17(11-19)21-16;;/h5-9,13,15H,3-4,10-12,19H2,1-2H3,(H,20,23);2*1H. The molecule has 2 rings (SSSR count). The molecule has 2 aromatic rings. The van der Waals surface area contributed by atoms with E-state index in [0.717, 1.165) is 24.5 Å². The molecule has 3 N–H and O–H groups in total. The van der Waals surface area contributed by atoms with Gasteiger partial charge in [-0.05, 0) is 25.1 Å². The second-order valence-electron chi connectivity index (χ2n) is 5.61. The maximum absolute atomic E-state index is 12.3. The lowest BCUT2D eigenvalue weighted by Crippen LogP contribution is -2.45. The normalized spacial score (nSPS) is 11.4. The van der Waals surface area contributed by atoms with Crippen LogP contribution in [0.15, 0.2) is 35.7 Å². The Bertz CT molecular complexity index is 635. The Kier molecular flexibility index (Phi) is 12.5. The molecule has 0 aliphatic carbocycles. The molecule has 0 saturated carbocycles. The summed E-state index contributed by atoms with van der Waals surface area (Å²) in [5.74, 6) is -0.129. The van der Waals surface area contributed by atoms with E-state index in [1.165, 1.54) is 16.9 Å². The molecule has 1 heterocycles. The van der Waals surface area contributed by atoms with Crippen LogP contribution in [-0.4, -0.2) is 41.5 Å². The molecule has 8 heteroatoms. The number of halogens is 2. The molecule has 1 amide bonds. The molecule has 1 unspecified atom stereocenters. The van der Waals surface area contributed by atoms with Gasteiger partial charge in [0.1, 0.15) is 10.7 Å². The van der Waals surface area contributed by atoms with Crippen LogP contribution in [-0.2, 0) is 13.0 Å². The van der Waals surface area contributed by atoms with Gasteiger partial charge in [0, 0.05) is 24.5 Å². The van der Waals surface area contributed by atoms with Crippen LogP contribution in [0.5, 0.6) is 0 Å². The number of hydrogen-bond acceptors (Lipinski definition) is 5. The number of hydrogen-bond donors (Lipinski definition) is 2. The summed E-state index contributed by atoms with van der Waals surface area (Å²) in [6.07, 6.45) is 0.911. The Morgan fingerprint density at radius 2 is 1.88 bits per heavy atom. The Morgan fingerprint density at radius 3 is 2.42 bits per heavy atom. The molecule has 5 nitrogen and oxygen atoms in total. The van der Waals surface area contributed by atoms with Gasteiger partial charge in [-0.3, -0.25) is 9.69 Å². The van der Waals surface area contributed by atoms with Crippen LogP contribution >= 0.6 is 36.2 Å². The van der Waals surface area contributed by atoms with Crippen molar-refractivity contribution in [1.29, 1.82) is 0 Å². The number of amides is 1. The van der Waals surface area contributed by atoms with Crippen molar-refractivity contribution in [3.8, 4) is 0 Å². The summed E-state index contributed by atoms with van der Waals surface area (Å²) in [4.78, 5) is 18.9. The first-order chi connectivity index (χ1) is 11.7. The first-order valence-corrected chi connectivity index (χ1v) is 9.26. The van der Waals surface area contributed by atoms with E-state index < -0.39 is 0 Å². The minimum Gasteiger partial charge on any atom is -0.349 e. The third-order valence-corrected chi connectivity index (χ3v) is 4.97. The highest BCUT2D eigenvalue weighted by Gasteiger charge is 2.18. The van der Waals surface area contributed by atoms with Gasteiger partial charge in [0.05, 0.1) is 0 Å². The number of nitrogens with two attached hydrogens (primary N) is 1. The predicted molar refractivity (Wildman–Crippen MR) is 114 cm³/mol. The van der Waals surface area contributed by atoms with Crippen LogP contribution in [0.3, 0.4) is 0 Å². The van der Waals surface area contributed by atoms with Gasteiger partial charge in [-0.1, -0.05) is 44.2 Å². The molecule has 1 aromatic heterocycles. The van der Waals surface area contributed by atoms with Crippen molar-refractivity contribution in [2.24, 2.45) is 5.73 Å². The van der Waals surface area contributed by atoms with Crippen LogP contribution in [0.2, 0.25) is 0 Å². The number of carbonyl (C=O) groups is 1. The summed E-state index contributed by atoms with van der Waals surface area (Å²) in [7, 11) is 0. The lowest BCUT2D eigenvalue weighted by Gasteiger charge is -2.30. The number of thiazole rings is 1. The molecule has 0 saturated heterocycles. The number of benzene rings is 1. The van der Waals surface area contributed by atoms with Crippen molar-refractivity contribution in [2.75, 3.05) is 19.6 Å². The lowest BCUT2D eigenvalue weighted by atomic mass is 10.0. The van der Waals surface area contributed by atoms with Crippen molar-refractivity contribution < 1.29 is 4.79 Å². The molecule has 1 atom stereocenters. The Labute approximate surface area is 172 Å². The van der Waals surface area contributed by atoms with Gasteiger partial charge in [0.2, 0.25) is 0 Å². The minimum atomic E-state index is -0.129. The molecular formula is C18H28Cl2N4OS. The first-order valence-electron chi connectivity index (χ1n) is 8.38. The summed E-state index contributed by atoms with van der Waals surface area (Å²) in [5, 5.41) is 5.58. The maximum Gasteiger partial charge on any atom is 0.270 e.